The van der Waals surface area contributed by atoms with Crippen LogP contribution >= 0.6 is 0 Å². The summed E-state index contributed by atoms with van der Waals surface area (Å²) in [6.07, 6.45) is 8.70. The third-order valence-electron chi connectivity index (χ3n) is 3.69. The molecule has 0 saturated carbocycles. The standard InChI is InChI=1S/C13H19N5/c14-10-11-4-2-1-3-8-17(11)12-6-9-18-13(16-12)5-7-15-18/h5-7,9,11H,1-4,8,10,14H2. The van der Waals surface area contributed by atoms with Gasteiger partial charge in [0.05, 0.1) is 6.20 Å². The Bertz CT molecular complexity index is 521. The third-order valence-corrected chi connectivity index (χ3v) is 3.69. The Morgan fingerprint density at radius 2 is 2.22 bits per heavy atom. The molecule has 1 aliphatic rings. The molecule has 0 radical (unpaired) electrons. The Morgan fingerprint density at radius 1 is 1.28 bits per heavy atom. The van der Waals surface area contributed by atoms with Crippen molar-refractivity contribution < 1.29 is 0 Å². The maximum Gasteiger partial charge on any atom is 0.157 e. The lowest BCUT2D eigenvalue weighted by molar-refractivity contribution is 0.575. The number of rotatable bonds is 2. The first kappa shape index (κ1) is 11.5. The van der Waals surface area contributed by atoms with E-state index >= 15 is 0 Å². The number of anilines is 1. The van der Waals surface area contributed by atoms with Crippen LogP contribution in [-0.2, 0) is 0 Å². The van der Waals surface area contributed by atoms with Crippen molar-refractivity contribution in [3.8, 4) is 0 Å². The minimum absolute atomic E-state index is 0.422. The van der Waals surface area contributed by atoms with E-state index < -0.39 is 0 Å². The maximum absolute atomic E-state index is 5.91. The predicted octanol–water partition coefficient (Wildman–Crippen LogP) is 1.44. The molecule has 1 aliphatic heterocycles. The third kappa shape index (κ3) is 2.06. The van der Waals surface area contributed by atoms with Gasteiger partial charge in [0, 0.05) is 31.4 Å². The molecule has 0 aromatic carbocycles. The molecule has 18 heavy (non-hydrogen) atoms. The molecule has 2 aromatic heterocycles. The van der Waals surface area contributed by atoms with E-state index in [4.69, 9.17) is 5.73 Å². The number of nitrogens with two attached hydrogens (primary N) is 1. The topological polar surface area (TPSA) is 59.5 Å². The first-order chi connectivity index (χ1) is 8.88. The highest BCUT2D eigenvalue weighted by molar-refractivity contribution is 5.48. The molecule has 2 aromatic rings. The number of hydrogen-bond donors (Lipinski definition) is 1. The van der Waals surface area contributed by atoms with Gasteiger partial charge in [0.25, 0.3) is 0 Å². The summed E-state index contributed by atoms with van der Waals surface area (Å²) in [4.78, 5) is 7.03. The molecule has 0 amide bonds. The van der Waals surface area contributed by atoms with Crippen molar-refractivity contribution in [1.29, 1.82) is 0 Å². The molecular formula is C13H19N5. The summed E-state index contributed by atoms with van der Waals surface area (Å²) in [5.41, 5.74) is 6.80. The molecule has 0 spiro atoms. The van der Waals surface area contributed by atoms with Gasteiger partial charge in [0.15, 0.2) is 5.65 Å². The summed E-state index contributed by atoms with van der Waals surface area (Å²) in [7, 11) is 0. The number of fused-ring (bicyclic) bond motifs is 1. The molecule has 0 bridgehead atoms. The highest BCUT2D eigenvalue weighted by Gasteiger charge is 2.21. The first-order valence-electron chi connectivity index (χ1n) is 6.65. The molecular weight excluding hydrogens is 226 g/mol. The van der Waals surface area contributed by atoms with E-state index in [0.29, 0.717) is 12.6 Å². The molecule has 3 rings (SSSR count). The summed E-state index contributed by atoms with van der Waals surface area (Å²) in [5, 5.41) is 4.17. The zero-order valence-corrected chi connectivity index (χ0v) is 10.5. The Kier molecular flexibility index (Phi) is 3.15. The van der Waals surface area contributed by atoms with Gasteiger partial charge in [-0.3, -0.25) is 0 Å². The van der Waals surface area contributed by atoms with Gasteiger partial charge < -0.3 is 10.6 Å². The molecule has 5 heteroatoms. The summed E-state index contributed by atoms with van der Waals surface area (Å²) in [6.45, 7) is 1.76. The van der Waals surface area contributed by atoms with Crippen LogP contribution in [0, 0.1) is 0 Å². The van der Waals surface area contributed by atoms with Crippen molar-refractivity contribution in [2.24, 2.45) is 5.73 Å². The summed E-state index contributed by atoms with van der Waals surface area (Å²) in [6, 6.07) is 4.39. The fraction of sp³-hybridized carbons (Fsp3) is 0.538. The van der Waals surface area contributed by atoms with Crippen LogP contribution in [0.1, 0.15) is 25.7 Å². The summed E-state index contributed by atoms with van der Waals surface area (Å²) >= 11 is 0. The predicted molar refractivity (Wildman–Crippen MR) is 71.6 cm³/mol. The van der Waals surface area contributed by atoms with E-state index in [9.17, 15) is 0 Å². The fourth-order valence-corrected chi connectivity index (χ4v) is 2.69. The minimum atomic E-state index is 0.422. The Labute approximate surface area is 107 Å². The SMILES string of the molecule is NCC1CCCCCN1c1ccn2nccc2n1. The zero-order chi connectivity index (χ0) is 12.4. The van der Waals surface area contributed by atoms with Crippen molar-refractivity contribution in [3.63, 3.8) is 0 Å². The van der Waals surface area contributed by atoms with Gasteiger partial charge >= 0.3 is 0 Å². The van der Waals surface area contributed by atoms with Crippen LogP contribution in [0.5, 0.6) is 0 Å². The molecule has 1 atom stereocenters. The Morgan fingerprint density at radius 3 is 3.11 bits per heavy atom. The molecule has 5 nitrogen and oxygen atoms in total. The van der Waals surface area contributed by atoms with E-state index in [-0.39, 0.29) is 0 Å². The highest BCUT2D eigenvalue weighted by Crippen LogP contribution is 2.22. The Hall–Kier alpha value is -1.62. The lowest BCUT2D eigenvalue weighted by Gasteiger charge is -2.30. The number of nitrogens with zero attached hydrogens (tertiary/aromatic N) is 4. The Balaban J connectivity index is 1.94. The zero-order valence-electron chi connectivity index (χ0n) is 10.5. The average molecular weight is 245 g/mol. The van der Waals surface area contributed by atoms with Gasteiger partial charge in [-0.1, -0.05) is 12.8 Å². The molecule has 0 aliphatic carbocycles. The van der Waals surface area contributed by atoms with Crippen molar-refractivity contribution in [2.45, 2.75) is 31.7 Å². The highest BCUT2D eigenvalue weighted by atomic mass is 15.3. The summed E-state index contributed by atoms with van der Waals surface area (Å²) < 4.78 is 1.79. The molecule has 96 valence electrons. The quantitative estimate of drug-likeness (QED) is 0.869. The molecule has 1 unspecified atom stereocenters. The van der Waals surface area contributed by atoms with Crippen LogP contribution in [0.4, 0.5) is 5.82 Å². The van der Waals surface area contributed by atoms with Crippen molar-refractivity contribution in [1.82, 2.24) is 14.6 Å². The second-order valence-corrected chi connectivity index (χ2v) is 4.85. The van der Waals surface area contributed by atoms with Crippen LogP contribution in [-0.4, -0.2) is 33.7 Å². The van der Waals surface area contributed by atoms with Crippen LogP contribution < -0.4 is 10.6 Å². The van der Waals surface area contributed by atoms with Crippen molar-refractivity contribution in [3.05, 3.63) is 24.5 Å². The summed E-state index contributed by atoms with van der Waals surface area (Å²) in [5.74, 6) is 1.03. The van der Waals surface area contributed by atoms with E-state index in [0.717, 1.165) is 18.0 Å². The van der Waals surface area contributed by atoms with Crippen LogP contribution in [0.3, 0.4) is 0 Å². The minimum Gasteiger partial charge on any atom is -0.352 e. The fourth-order valence-electron chi connectivity index (χ4n) is 2.69. The molecule has 3 heterocycles. The lowest BCUT2D eigenvalue weighted by atomic mass is 10.1. The van der Waals surface area contributed by atoms with E-state index in [1.807, 2.05) is 18.3 Å². The van der Waals surface area contributed by atoms with Gasteiger partial charge in [-0.15, -0.1) is 0 Å². The van der Waals surface area contributed by atoms with Crippen LogP contribution in [0.15, 0.2) is 24.5 Å². The number of aromatic nitrogens is 3. The van der Waals surface area contributed by atoms with E-state index in [1.165, 1.54) is 25.7 Å². The van der Waals surface area contributed by atoms with E-state index in [1.54, 1.807) is 10.7 Å². The maximum atomic E-state index is 5.91. The second-order valence-electron chi connectivity index (χ2n) is 4.85. The number of hydrogen-bond acceptors (Lipinski definition) is 4. The largest absolute Gasteiger partial charge is 0.352 e. The van der Waals surface area contributed by atoms with Gasteiger partial charge in [0.1, 0.15) is 5.82 Å². The van der Waals surface area contributed by atoms with Crippen molar-refractivity contribution >= 4 is 11.5 Å². The second kappa shape index (κ2) is 4.94. The van der Waals surface area contributed by atoms with Crippen LogP contribution in [0.2, 0.25) is 0 Å². The van der Waals surface area contributed by atoms with Crippen molar-refractivity contribution in [2.75, 3.05) is 18.0 Å². The van der Waals surface area contributed by atoms with Gasteiger partial charge in [-0.25, -0.2) is 9.50 Å². The molecule has 1 saturated heterocycles. The molecule has 1 fully saturated rings. The molecule has 2 N–H and O–H groups in total. The monoisotopic (exact) mass is 245 g/mol. The first-order valence-corrected chi connectivity index (χ1v) is 6.65. The van der Waals surface area contributed by atoms with Gasteiger partial charge in [-0.05, 0) is 18.9 Å². The van der Waals surface area contributed by atoms with Gasteiger partial charge in [-0.2, -0.15) is 5.10 Å². The average Bonchev–Trinajstić information content (AvgIpc) is 2.74. The lowest BCUT2D eigenvalue weighted by Crippen LogP contribution is -2.40. The smallest absolute Gasteiger partial charge is 0.157 e. The van der Waals surface area contributed by atoms with Crippen LogP contribution in [0.25, 0.3) is 5.65 Å². The van der Waals surface area contributed by atoms with Gasteiger partial charge in [0.2, 0.25) is 0 Å². The normalized spacial score (nSPS) is 21.2. The van der Waals surface area contributed by atoms with E-state index in [2.05, 4.69) is 15.0 Å².